The summed E-state index contributed by atoms with van der Waals surface area (Å²) >= 11 is 3.51. The fraction of sp³-hybridized carbons (Fsp3) is 0.333. The molecule has 3 aromatic rings. The number of allylic oxidation sites excluding steroid dienone is 1. The number of aliphatic hydroxyl groups is 3. The van der Waals surface area contributed by atoms with Crippen LogP contribution in [0, 0.1) is 21.3 Å². The number of phenolic OH excluding ortho intramolecular Hbond substituents is 1. The van der Waals surface area contributed by atoms with Gasteiger partial charge in [-0.3, -0.25) is 14.5 Å². The molecule has 4 N–H and O–H groups in total. The van der Waals surface area contributed by atoms with Gasteiger partial charge in [0.1, 0.15) is 0 Å². The number of ether oxygens (including phenoxy) is 1. The number of aliphatic hydroxyl groups excluding tert-OH is 3. The van der Waals surface area contributed by atoms with E-state index in [2.05, 4.69) is 0 Å². The Balaban J connectivity index is 1.42. The van der Waals surface area contributed by atoms with Crippen LogP contribution in [-0.4, -0.2) is 63.6 Å². The van der Waals surface area contributed by atoms with Crippen LogP contribution in [0.2, 0.25) is 0 Å². The smallest absolute Gasteiger partial charge is 0.234 e. The van der Waals surface area contributed by atoms with E-state index in [1.165, 1.54) is 23.3 Å². The summed E-state index contributed by atoms with van der Waals surface area (Å²) in [5.74, 6) is -2.44. The lowest BCUT2D eigenvalue weighted by Gasteiger charge is -2.36. The Morgan fingerprint density at radius 1 is 1.14 bits per heavy atom. The number of thiophene rings is 1. The number of nitrogens with zero attached hydrogens (tertiary/aromatic N) is 1. The van der Waals surface area contributed by atoms with E-state index in [0.29, 0.717) is 26.9 Å². The molecule has 1 aromatic heterocycles. The SMILES string of the molecule is COc1cc(/C=C(/CC[C@@H](O)C2=C(CO)C[C@H]3C(=O)N(Cc4cccs4)C(=O)[C@H]3[C@H]2CO)c2ccccc2)cc(I)c1O. The molecule has 1 saturated heterocycles. The van der Waals surface area contributed by atoms with Crippen molar-refractivity contribution in [1.82, 2.24) is 4.90 Å². The first-order valence-corrected chi connectivity index (χ1v) is 16.0. The van der Waals surface area contributed by atoms with E-state index >= 15 is 0 Å². The second-order valence-corrected chi connectivity index (χ2v) is 13.0. The highest BCUT2D eigenvalue weighted by Gasteiger charge is 2.54. The Morgan fingerprint density at radius 2 is 1.91 bits per heavy atom. The molecule has 226 valence electrons. The summed E-state index contributed by atoms with van der Waals surface area (Å²) in [5, 5.41) is 44.6. The van der Waals surface area contributed by atoms with E-state index in [1.807, 2.05) is 82.6 Å². The van der Waals surface area contributed by atoms with Gasteiger partial charge in [-0.05, 0) is 93.3 Å². The highest BCUT2D eigenvalue weighted by Crippen LogP contribution is 2.47. The minimum atomic E-state index is -1.05. The van der Waals surface area contributed by atoms with Gasteiger partial charge in [-0.1, -0.05) is 42.5 Å². The zero-order valence-corrected chi connectivity index (χ0v) is 26.6. The number of aromatic hydroxyl groups is 1. The van der Waals surface area contributed by atoms with Gasteiger partial charge >= 0.3 is 0 Å². The van der Waals surface area contributed by atoms with Crippen molar-refractivity contribution in [3.63, 3.8) is 0 Å². The number of rotatable bonds is 11. The molecule has 43 heavy (non-hydrogen) atoms. The Labute approximate surface area is 268 Å². The molecule has 0 bridgehead atoms. The first kappa shape index (κ1) is 31.4. The van der Waals surface area contributed by atoms with E-state index in [9.17, 15) is 30.0 Å². The van der Waals surface area contributed by atoms with Crippen LogP contribution in [0.5, 0.6) is 11.5 Å². The molecular weight excluding hydrogens is 681 g/mol. The van der Waals surface area contributed by atoms with Crippen molar-refractivity contribution < 1.29 is 34.8 Å². The molecule has 1 aliphatic carbocycles. The van der Waals surface area contributed by atoms with Gasteiger partial charge in [-0.15, -0.1) is 11.3 Å². The van der Waals surface area contributed by atoms with Gasteiger partial charge in [-0.25, -0.2) is 0 Å². The van der Waals surface area contributed by atoms with Crippen molar-refractivity contribution in [1.29, 1.82) is 0 Å². The molecule has 4 atom stereocenters. The Morgan fingerprint density at radius 3 is 2.56 bits per heavy atom. The normalized spacial score (nSPS) is 21.4. The third kappa shape index (κ3) is 6.44. The number of amides is 2. The number of hydrogen-bond acceptors (Lipinski definition) is 8. The van der Waals surface area contributed by atoms with Crippen molar-refractivity contribution in [3.8, 4) is 11.5 Å². The van der Waals surface area contributed by atoms with Gasteiger partial charge in [0.05, 0.1) is 48.4 Å². The maximum absolute atomic E-state index is 13.6. The number of carbonyl (C=O) groups is 2. The number of benzene rings is 2. The minimum Gasteiger partial charge on any atom is -0.504 e. The van der Waals surface area contributed by atoms with Gasteiger partial charge in [0.2, 0.25) is 11.8 Å². The second kappa shape index (κ2) is 13.7. The van der Waals surface area contributed by atoms with E-state index in [1.54, 1.807) is 6.07 Å². The van der Waals surface area contributed by atoms with Gasteiger partial charge in [-0.2, -0.15) is 0 Å². The Hall–Kier alpha value is -3.03. The average Bonchev–Trinajstić information content (AvgIpc) is 3.62. The van der Waals surface area contributed by atoms with Crippen LogP contribution < -0.4 is 4.74 Å². The van der Waals surface area contributed by atoms with Crippen molar-refractivity contribution in [2.45, 2.75) is 31.9 Å². The van der Waals surface area contributed by atoms with Crippen LogP contribution in [0.1, 0.15) is 35.3 Å². The van der Waals surface area contributed by atoms with E-state index in [-0.39, 0.29) is 43.6 Å². The quantitative estimate of drug-likeness (QED) is 0.0968. The van der Waals surface area contributed by atoms with Gasteiger partial charge < -0.3 is 25.2 Å². The van der Waals surface area contributed by atoms with Crippen LogP contribution in [0.15, 0.2) is 71.1 Å². The van der Waals surface area contributed by atoms with Crippen LogP contribution in [-0.2, 0) is 16.1 Å². The summed E-state index contributed by atoms with van der Waals surface area (Å²) < 4.78 is 5.97. The molecule has 5 rings (SSSR count). The minimum absolute atomic E-state index is 0.0694. The molecule has 0 radical (unpaired) electrons. The molecule has 1 fully saturated rings. The topological polar surface area (TPSA) is 128 Å². The van der Waals surface area contributed by atoms with Crippen LogP contribution in [0.25, 0.3) is 11.6 Å². The van der Waals surface area contributed by atoms with Crippen LogP contribution in [0.4, 0.5) is 0 Å². The number of hydrogen-bond donors (Lipinski definition) is 4. The summed E-state index contributed by atoms with van der Waals surface area (Å²) in [5.41, 5.74) is 3.67. The van der Waals surface area contributed by atoms with Gasteiger partial charge in [0.15, 0.2) is 11.5 Å². The summed E-state index contributed by atoms with van der Waals surface area (Å²) in [6.45, 7) is -0.610. The lowest BCUT2D eigenvalue weighted by molar-refractivity contribution is -0.140. The molecule has 2 amide bonds. The summed E-state index contributed by atoms with van der Waals surface area (Å²) in [7, 11) is 1.50. The van der Waals surface area contributed by atoms with Gasteiger partial charge in [0, 0.05) is 10.8 Å². The number of fused-ring (bicyclic) bond motifs is 1. The zero-order chi connectivity index (χ0) is 30.7. The number of likely N-dealkylation sites (tertiary alicyclic amines) is 1. The van der Waals surface area contributed by atoms with Crippen molar-refractivity contribution in [2.75, 3.05) is 20.3 Å². The van der Waals surface area contributed by atoms with Crippen LogP contribution in [0.3, 0.4) is 0 Å². The number of methoxy groups -OCH3 is 1. The van der Waals surface area contributed by atoms with Crippen LogP contribution >= 0.6 is 33.9 Å². The fourth-order valence-electron chi connectivity index (χ4n) is 6.32. The molecule has 2 aliphatic rings. The largest absolute Gasteiger partial charge is 0.504 e. The lowest BCUT2D eigenvalue weighted by Crippen LogP contribution is -2.39. The predicted octanol–water partition coefficient (Wildman–Crippen LogP) is 4.85. The summed E-state index contributed by atoms with van der Waals surface area (Å²) in [4.78, 5) is 29.1. The molecule has 0 saturated carbocycles. The van der Waals surface area contributed by atoms with E-state index < -0.39 is 30.5 Å². The molecule has 2 heterocycles. The third-order valence-electron chi connectivity index (χ3n) is 8.36. The van der Waals surface area contributed by atoms with Gasteiger partial charge in [0.25, 0.3) is 0 Å². The molecule has 2 aromatic carbocycles. The number of imide groups is 1. The maximum Gasteiger partial charge on any atom is 0.234 e. The first-order valence-electron chi connectivity index (χ1n) is 14.1. The third-order valence-corrected chi connectivity index (χ3v) is 10.0. The summed E-state index contributed by atoms with van der Waals surface area (Å²) in [6, 6.07) is 17.1. The fourth-order valence-corrected chi connectivity index (χ4v) is 7.64. The average molecular weight is 716 g/mol. The summed E-state index contributed by atoms with van der Waals surface area (Å²) in [6.07, 6.45) is 1.81. The lowest BCUT2D eigenvalue weighted by atomic mass is 9.68. The molecular formula is C33H34INO7S. The predicted molar refractivity (Wildman–Crippen MR) is 173 cm³/mol. The number of halogens is 1. The van der Waals surface area contributed by atoms with Crippen molar-refractivity contribution in [2.24, 2.45) is 17.8 Å². The molecule has 1 aliphatic heterocycles. The highest BCUT2D eigenvalue weighted by molar-refractivity contribution is 14.1. The maximum atomic E-state index is 13.6. The zero-order valence-electron chi connectivity index (χ0n) is 23.6. The molecule has 8 nitrogen and oxygen atoms in total. The van der Waals surface area contributed by atoms with Crippen molar-refractivity contribution >= 4 is 57.4 Å². The Kier molecular flexibility index (Phi) is 10.0. The Bertz CT molecular complexity index is 1540. The molecule has 10 heteroatoms. The standard InChI is InChI=1S/C33H34INO7S/c1-42-28-14-19(13-26(34)31(28)39)12-21(20-6-3-2-4-7-20)9-10-27(38)29-22(17-36)15-24-30(25(29)18-37)33(41)35(32(24)40)16-23-8-5-11-43-23/h2-8,11-14,24-25,27,30,36-39H,9-10,15-18H2,1H3/b21-12-/t24-,25+,27-,30-/m1/s1. The number of phenols is 1. The second-order valence-electron chi connectivity index (χ2n) is 10.8. The van der Waals surface area contributed by atoms with E-state index in [4.69, 9.17) is 4.74 Å². The molecule has 0 unspecified atom stereocenters. The van der Waals surface area contributed by atoms with E-state index in [0.717, 1.165) is 21.6 Å². The monoisotopic (exact) mass is 715 g/mol. The van der Waals surface area contributed by atoms with Crippen molar-refractivity contribution in [3.05, 3.63) is 90.7 Å². The molecule has 0 spiro atoms. The highest BCUT2D eigenvalue weighted by atomic mass is 127. The first-order chi connectivity index (χ1) is 20.8. The number of carbonyl (C=O) groups excluding carboxylic acids is 2.